The van der Waals surface area contributed by atoms with E-state index in [0.717, 1.165) is 11.1 Å². The van der Waals surface area contributed by atoms with E-state index in [1.807, 2.05) is 54.6 Å². The molecule has 0 fully saturated rings. The predicted molar refractivity (Wildman–Crippen MR) is 80.5 cm³/mol. The molecule has 2 aromatic carbocycles. The van der Waals surface area contributed by atoms with E-state index in [-0.39, 0.29) is 5.91 Å². The molecule has 1 N–H and O–H groups in total. The molecule has 0 aliphatic rings. The Labute approximate surface area is 119 Å². The van der Waals surface area contributed by atoms with Crippen LogP contribution in [-0.2, 0) is 0 Å². The SMILES string of the molecule is CC(O)CN(C)C(=O)c1ccc(-c2ccccc2)cc1. The summed E-state index contributed by atoms with van der Waals surface area (Å²) in [4.78, 5) is 13.7. The fourth-order valence-corrected chi connectivity index (χ4v) is 2.14. The molecule has 0 aromatic heterocycles. The first-order valence-corrected chi connectivity index (χ1v) is 6.67. The summed E-state index contributed by atoms with van der Waals surface area (Å²) in [6.07, 6.45) is -0.521. The molecule has 3 nitrogen and oxygen atoms in total. The second-order valence-corrected chi connectivity index (χ2v) is 4.98. The van der Waals surface area contributed by atoms with Crippen molar-refractivity contribution in [3.63, 3.8) is 0 Å². The number of amides is 1. The van der Waals surface area contributed by atoms with Crippen LogP contribution in [0.4, 0.5) is 0 Å². The van der Waals surface area contributed by atoms with Gasteiger partial charge in [0, 0.05) is 19.2 Å². The molecule has 1 unspecified atom stereocenters. The maximum absolute atomic E-state index is 12.1. The van der Waals surface area contributed by atoms with Gasteiger partial charge in [-0.05, 0) is 30.2 Å². The number of aliphatic hydroxyl groups excluding tert-OH is 1. The molecule has 2 rings (SSSR count). The van der Waals surface area contributed by atoms with E-state index in [4.69, 9.17) is 0 Å². The van der Waals surface area contributed by atoms with E-state index in [9.17, 15) is 9.90 Å². The minimum atomic E-state index is -0.521. The molecule has 2 aromatic rings. The van der Waals surface area contributed by atoms with E-state index in [1.165, 1.54) is 4.90 Å². The van der Waals surface area contributed by atoms with Crippen molar-refractivity contribution in [3.8, 4) is 11.1 Å². The van der Waals surface area contributed by atoms with Gasteiger partial charge in [-0.2, -0.15) is 0 Å². The lowest BCUT2D eigenvalue weighted by molar-refractivity contribution is 0.0704. The van der Waals surface area contributed by atoms with Gasteiger partial charge in [-0.3, -0.25) is 4.79 Å². The van der Waals surface area contributed by atoms with Crippen molar-refractivity contribution in [1.82, 2.24) is 4.90 Å². The number of carbonyl (C=O) groups is 1. The van der Waals surface area contributed by atoms with Crippen LogP contribution in [0.5, 0.6) is 0 Å². The summed E-state index contributed by atoms with van der Waals surface area (Å²) in [5.74, 6) is -0.0782. The molecular formula is C17H19NO2. The number of nitrogens with zero attached hydrogens (tertiary/aromatic N) is 1. The van der Waals surface area contributed by atoms with Crippen molar-refractivity contribution in [2.24, 2.45) is 0 Å². The molecule has 0 saturated heterocycles. The minimum Gasteiger partial charge on any atom is -0.392 e. The van der Waals surface area contributed by atoms with Crippen LogP contribution >= 0.6 is 0 Å². The highest BCUT2D eigenvalue weighted by Gasteiger charge is 2.13. The molecule has 0 saturated carbocycles. The van der Waals surface area contributed by atoms with Gasteiger partial charge >= 0.3 is 0 Å². The topological polar surface area (TPSA) is 40.5 Å². The highest BCUT2D eigenvalue weighted by atomic mass is 16.3. The van der Waals surface area contributed by atoms with Crippen LogP contribution in [0, 0.1) is 0 Å². The fraction of sp³-hybridized carbons (Fsp3) is 0.235. The zero-order chi connectivity index (χ0) is 14.5. The normalized spacial score (nSPS) is 11.9. The molecule has 0 radical (unpaired) electrons. The second-order valence-electron chi connectivity index (χ2n) is 4.98. The standard InChI is InChI=1S/C17H19NO2/c1-13(19)12-18(2)17(20)16-10-8-15(9-11-16)14-6-4-3-5-7-14/h3-11,13,19H,12H2,1-2H3. The third kappa shape index (κ3) is 3.45. The van der Waals surface area contributed by atoms with Gasteiger partial charge in [0.05, 0.1) is 6.10 Å². The Morgan fingerprint density at radius 2 is 1.60 bits per heavy atom. The predicted octanol–water partition coefficient (Wildman–Crippen LogP) is 2.81. The van der Waals surface area contributed by atoms with Crippen LogP contribution in [-0.4, -0.2) is 35.6 Å². The van der Waals surface area contributed by atoms with Crippen molar-refractivity contribution < 1.29 is 9.90 Å². The molecule has 0 aliphatic carbocycles. The largest absolute Gasteiger partial charge is 0.392 e. The number of rotatable bonds is 4. The lowest BCUT2D eigenvalue weighted by atomic mass is 10.0. The quantitative estimate of drug-likeness (QED) is 0.927. The molecule has 1 amide bonds. The number of hydrogen-bond donors (Lipinski definition) is 1. The summed E-state index contributed by atoms with van der Waals surface area (Å²) in [7, 11) is 1.69. The zero-order valence-corrected chi connectivity index (χ0v) is 11.8. The Balaban J connectivity index is 2.14. The van der Waals surface area contributed by atoms with Gasteiger partial charge in [-0.1, -0.05) is 42.5 Å². The van der Waals surface area contributed by atoms with E-state index >= 15 is 0 Å². The van der Waals surface area contributed by atoms with Gasteiger partial charge in [0.2, 0.25) is 0 Å². The summed E-state index contributed by atoms with van der Waals surface area (Å²) < 4.78 is 0. The number of likely N-dealkylation sites (N-methyl/N-ethyl adjacent to an activating group) is 1. The number of carbonyl (C=O) groups excluding carboxylic acids is 1. The molecule has 0 heterocycles. The lowest BCUT2D eigenvalue weighted by Crippen LogP contribution is -2.32. The van der Waals surface area contributed by atoms with Gasteiger partial charge in [0.1, 0.15) is 0 Å². The molecule has 3 heteroatoms. The van der Waals surface area contributed by atoms with Crippen LogP contribution in [0.15, 0.2) is 54.6 Å². The molecule has 0 aliphatic heterocycles. The highest BCUT2D eigenvalue weighted by Crippen LogP contribution is 2.19. The van der Waals surface area contributed by atoms with E-state index in [2.05, 4.69) is 0 Å². The van der Waals surface area contributed by atoms with E-state index in [0.29, 0.717) is 12.1 Å². The van der Waals surface area contributed by atoms with E-state index in [1.54, 1.807) is 14.0 Å². The van der Waals surface area contributed by atoms with Crippen molar-refractivity contribution in [3.05, 3.63) is 60.2 Å². The monoisotopic (exact) mass is 269 g/mol. The molecular weight excluding hydrogens is 250 g/mol. The average molecular weight is 269 g/mol. The van der Waals surface area contributed by atoms with Crippen LogP contribution < -0.4 is 0 Å². The first kappa shape index (κ1) is 14.3. The maximum atomic E-state index is 12.1. The van der Waals surface area contributed by atoms with Crippen molar-refractivity contribution in [1.29, 1.82) is 0 Å². The Morgan fingerprint density at radius 3 is 2.15 bits per heavy atom. The molecule has 0 bridgehead atoms. The summed E-state index contributed by atoms with van der Waals surface area (Å²) in [5.41, 5.74) is 2.84. The summed E-state index contributed by atoms with van der Waals surface area (Å²) >= 11 is 0. The second kappa shape index (κ2) is 6.35. The van der Waals surface area contributed by atoms with Crippen LogP contribution in [0.3, 0.4) is 0 Å². The Kier molecular flexibility index (Phi) is 4.53. The Hall–Kier alpha value is -2.13. The first-order valence-electron chi connectivity index (χ1n) is 6.67. The zero-order valence-electron chi connectivity index (χ0n) is 11.8. The lowest BCUT2D eigenvalue weighted by Gasteiger charge is -2.18. The molecule has 0 spiro atoms. The van der Waals surface area contributed by atoms with E-state index < -0.39 is 6.10 Å². The summed E-state index contributed by atoms with van der Waals surface area (Å²) in [6.45, 7) is 2.00. The van der Waals surface area contributed by atoms with Crippen molar-refractivity contribution in [2.75, 3.05) is 13.6 Å². The van der Waals surface area contributed by atoms with Gasteiger partial charge < -0.3 is 10.0 Å². The fourth-order valence-electron chi connectivity index (χ4n) is 2.14. The van der Waals surface area contributed by atoms with Gasteiger partial charge in [-0.15, -0.1) is 0 Å². The number of aliphatic hydroxyl groups is 1. The molecule has 104 valence electrons. The maximum Gasteiger partial charge on any atom is 0.253 e. The van der Waals surface area contributed by atoms with Crippen molar-refractivity contribution >= 4 is 5.91 Å². The van der Waals surface area contributed by atoms with Crippen LogP contribution in [0.2, 0.25) is 0 Å². The number of hydrogen-bond acceptors (Lipinski definition) is 2. The molecule has 20 heavy (non-hydrogen) atoms. The molecule has 1 atom stereocenters. The highest BCUT2D eigenvalue weighted by molar-refractivity contribution is 5.94. The van der Waals surface area contributed by atoms with Crippen LogP contribution in [0.1, 0.15) is 17.3 Å². The van der Waals surface area contributed by atoms with Gasteiger partial charge in [0.15, 0.2) is 0 Å². The third-order valence-corrected chi connectivity index (χ3v) is 3.12. The minimum absolute atomic E-state index is 0.0782. The average Bonchev–Trinajstić information content (AvgIpc) is 2.47. The number of benzene rings is 2. The first-order chi connectivity index (χ1) is 9.58. The summed E-state index contributed by atoms with van der Waals surface area (Å²) in [6, 6.07) is 17.6. The summed E-state index contributed by atoms with van der Waals surface area (Å²) in [5, 5.41) is 9.32. The smallest absolute Gasteiger partial charge is 0.253 e. The van der Waals surface area contributed by atoms with Gasteiger partial charge in [-0.25, -0.2) is 0 Å². The van der Waals surface area contributed by atoms with Crippen LogP contribution in [0.25, 0.3) is 11.1 Å². The Bertz CT molecular complexity index is 561. The van der Waals surface area contributed by atoms with Crippen molar-refractivity contribution in [2.45, 2.75) is 13.0 Å². The Morgan fingerprint density at radius 1 is 1.05 bits per heavy atom. The third-order valence-electron chi connectivity index (χ3n) is 3.12. The van der Waals surface area contributed by atoms with Gasteiger partial charge in [0.25, 0.3) is 5.91 Å².